The molecule has 1 N–H and O–H groups in total. The zero-order chi connectivity index (χ0) is 23.9. The highest BCUT2D eigenvalue weighted by atomic mass is 16.5. The minimum atomic E-state index is -0.545. The maximum absolute atomic E-state index is 13.3. The number of piperidine rings is 1. The van der Waals surface area contributed by atoms with Gasteiger partial charge in [-0.2, -0.15) is 0 Å². The van der Waals surface area contributed by atoms with E-state index in [9.17, 15) is 9.59 Å². The van der Waals surface area contributed by atoms with Gasteiger partial charge in [0.05, 0.1) is 19.8 Å². The number of aromatic nitrogens is 2. The van der Waals surface area contributed by atoms with Crippen LogP contribution < -0.4 is 14.8 Å². The fraction of sp³-hybridized carbons (Fsp3) is 0.360. The third-order valence-electron chi connectivity index (χ3n) is 5.87. The quantitative estimate of drug-likeness (QED) is 0.546. The fourth-order valence-corrected chi connectivity index (χ4v) is 4.08. The van der Waals surface area contributed by atoms with Crippen LogP contribution in [0.4, 0.5) is 0 Å². The number of amides is 2. The first-order valence-corrected chi connectivity index (χ1v) is 11.3. The first-order valence-electron chi connectivity index (χ1n) is 11.3. The Balaban J connectivity index is 1.46. The van der Waals surface area contributed by atoms with Crippen molar-refractivity contribution in [2.75, 3.05) is 27.3 Å². The van der Waals surface area contributed by atoms with Crippen LogP contribution in [0.3, 0.4) is 0 Å². The summed E-state index contributed by atoms with van der Waals surface area (Å²) in [6.07, 6.45) is 4.68. The van der Waals surface area contributed by atoms with Crippen molar-refractivity contribution in [2.24, 2.45) is 0 Å². The summed E-state index contributed by atoms with van der Waals surface area (Å²) in [6.45, 7) is 0.944. The van der Waals surface area contributed by atoms with Gasteiger partial charge >= 0.3 is 0 Å². The molecule has 3 heterocycles. The molecule has 1 aliphatic heterocycles. The van der Waals surface area contributed by atoms with Crippen molar-refractivity contribution in [1.82, 2.24) is 20.4 Å². The van der Waals surface area contributed by atoms with Crippen LogP contribution in [0.5, 0.6) is 11.5 Å². The minimum absolute atomic E-state index is 0.146. The van der Waals surface area contributed by atoms with Gasteiger partial charge < -0.3 is 24.2 Å². The zero-order valence-corrected chi connectivity index (χ0v) is 19.3. The minimum Gasteiger partial charge on any atom is -0.497 e. The molecule has 3 aromatic rings. The molecular formula is C25H28N4O5. The van der Waals surface area contributed by atoms with E-state index in [2.05, 4.69) is 15.5 Å². The highest BCUT2D eigenvalue weighted by molar-refractivity contribution is 5.97. The smallest absolute Gasteiger partial charge is 0.276 e. The summed E-state index contributed by atoms with van der Waals surface area (Å²) in [4.78, 5) is 32.1. The van der Waals surface area contributed by atoms with E-state index in [0.29, 0.717) is 48.8 Å². The number of benzene rings is 1. The molecule has 34 heavy (non-hydrogen) atoms. The number of methoxy groups -OCH3 is 2. The van der Waals surface area contributed by atoms with Crippen LogP contribution in [-0.4, -0.2) is 60.2 Å². The molecule has 1 fully saturated rings. The highest BCUT2D eigenvalue weighted by Gasteiger charge is 2.34. The van der Waals surface area contributed by atoms with E-state index in [1.54, 1.807) is 49.6 Å². The van der Waals surface area contributed by atoms with Gasteiger partial charge in [-0.1, -0.05) is 11.2 Å². The third-order valence-corrected chi connectivity index (χ3v) is 5.87. The number of pyridine rings is 1. The molecule has 0 aliphatic carbocycles. The van der Waals surface area contributed by atoms with E-state index >= 15 is 0 Å². The van der Waals surface area contributed by atoms with Gasteiger partial charge in [0, 0.05) is 37.5 Å². The Morgan fingerprint density at radius 3 is 2.79 bits per heavy atom. The maximum atomic E-state index is 13.3. The number of rotatable bonds is 8. The van der Waals surface area contributed by atoms with Crippen LogP contribution in [0.2, 0.25) is 0 Å². The van der Waals surface area contributed by atoms with E-state index in [1.807, 2.05) is 18.2 Å². The molecule has 1 saturated heterocycles. The van der Waals surface area contributed by atoms with Crippen molar-refractivity contribution in [3.05, 3.63) is 60.0 Å². The molecule has 0 unspecified atom stereocenters. The topological polar surface area (TPSA) is 107 Å². The van der Waals surface area contributed by atoms with E-state index in [1.165, 1.54) is 0 Å². The van der Waals surface area contributed by atoms with Gasteiger partial charge in [-0.05, 0) is 49.6 Å². The van der Waals surface area contributed by atoms with Crippen molar-refractivity contribution in [2.45, 2.75) is 31.7 Å². The normalized spacial score (nSPS) is 15.6. The van der Waals surface area contributed by atoms with Crippen molar-refractivity contribution in [3.8, 4) is 22.8 Å². The predicted molar refractivity (Wildman–Crippen MR) is 125 cm³/mol. The van der Waals surface area contributed by atoms with E-state index in [-0.39, 0.29) is 17.5 Å². The molecule has 178 valence electrons. The molecule has 0 radical (unpaired) electrons. The van der Waals surface area contributed by atoms with Gasteiger partial charge in [0.2, 0.25) is 5.91 Å². The Morgan fingerprint density at radius 2 is 2.03 bits per heavy atom. The summed E-state index contributed by atoms with van der Waals surface area (Å²) >= 11 is 0. The summed E-state index contributed by atoms with van der Waals surface area (Å²) < 4.78 is 16.2. The molecule has 0 spiro atoms. The molecule has 9 nitrogen and oxygen atoms in total. The number of hydrogen-bond acceptors (Lipinski definition) is 7. The Morgan fingerprint density at radius 1 is 1.15 bits per heavy atom. The summed E-state index contributed by atoms with van der Waals surface area (Å²) in [5.41, 5.74) is 1.67. The van der Waals surface area contributed by atoms with Crippen LogP contribution in [-0.2, 0) is 11.2 Å². The second kappa shape index (κ2) is 10.8. The highest BCUT2D eigenvalue weighted by Crippen LogP contribution is 2.34. The van der Waals surface area contributed by atoms with Crippen LogP contribution in [0.15, 0.2) is 53.2 Å². The Hall–Kier alpha value is -3.88. The molecule has 2 amide bonds. The van der Waals surface area contributed by atoms with Gasteiger partial charge in [0.1, 0.15) is 17.5 Å². The molecular weight excluding hydrogens is 436 g/mol. The molecule has 0 bridgehead atoms. The number of nitrogens with zero attached hydrogens (tertiary/aromatic N) is 3. The largest absolute Gasteiger partial charge is 0.497 e. The molecule has 1 atom stereocenters. The van der Waals surface area contributed by atoms with E-state index < -0.39 is 6.04 Å². The van der Waals surface area contributed by atoms with E-state index in [0.717, 1.165) is 18.5 Å². The monoisotopic (exact) mass is 464 g/mol. The average Bonchev–Trinajstić information content (AvgIpc) is 3.38. The van der Waals surface area contributed by atoms with Crippen LogP contribution in [0.1, 0.15) is 35.4 Å². The predicted octanol–water partition coefficient (Wildman–Crippen LogP) is 3.11. The van der Waals surface area contributed by atoms with Crippen LogP contribution in [0, 0.1) is 0 Å². The summed E-state index contributed by atoms with van der Waals surface area (Å²) in [5, 5.41) is 6.94. The Bertz CT molecular complexity index is 1130. The summed E-state index contributed by atoms with van der Waals surface area (Å²) in [6, 6.07) is 12.0. The first-order chi connectivity index (χ1) is 16.6. The molecule has 2 aromatic heterocycles. The molecule has 1 aromatic carbocycles. The summed E-state index contributed by atoms with van der Waals surface area (Å²) in [7, 11) is 3.12. The lowest BCUT2D eigenvalue weighted by atomic mass is 10.0. The molecule has 1 aliphatic rings. The van der Waals surface area contributed by atoms with E-state index in [4.69, 9.17) is 14.0 Å². The number of likely N-dealkylation sites (tertiary alicyclic amines) is 1. The Kier molecular flexibility index (Phi) is 7.41. The second-order valence-corrected chi connectivity index (χ2v) is 8.01. The lowest BCUT2D eigenvalue weighted by Crippen LogP contribution is -2.52. The van der Waals surface area contributed by atoms with Crippen LogP contribution >= 0.6 is 0 Å². The lowest BCUT2D eigenvalue weighted by Gasteiger charge is -2.34. The lowest BCUT2D eigenvalue weighted by molar-refractivity contribution is -0.126. The second-order valence-electron chi connectivity index (χ2n) is 8.01. The average molecular weight is 465 g/mol. The standard InChI is InChI=1S/C25H28N4O5/c1-32-18-9-10-22(33-2)19(15-18)23-16-20(28-34-23)25(31)29-14-6-4-8-21(29)24(30)27-13-11-17-7-3-5-12-26-17/h3,5,7,9-10,12,15-16,21H,4,6,8,11,13-14H2,1-2H3,(H,27,30)/t21-/m0/s1. The van der Waals surface area contributed by atoms with Crippen molar-refractivity contribution >= 4 is 11.8 Å². The van der Waals surface area contributed by atoms with Crippen molar-refractivity contribution in [1.29, 1.82) is 0 Å². The molecule has 4 rings (SSSR count). The number of nitrogens with one attached hydrogen (secondary N) is 1. The zero-order valence-electron chi connectivity index (χ0n) is 19.3. The number of carbonyl (C=O) groups is 2. The molecule has 0 saturated carbocycles. The van der Waals surface area contributed by atoms with Crippen molar-refractivity contribution in [3.63, 3.8) is 0 Å². The summed E-state index contributed by atoms with van der Waals surface area (Å²) in [5.74, 6) is 1.08. The number of hydrogen-bond donors (Lipinski definition) is 1. The van der Waals surface area contributed by atoms with Gasteiger partial charge in [-0.15, -0.1) is 0 Å². The van der Waals surface area contributed by atoms with Crippen molar-refractivity contribution < 1.29 is 23.6 Å². The van der Waals surface area contributed by atoms with Gasteiger partial charge in [-0.25, -0.2) is 0 Å². The number of ether oxygens (including phenoxy) is 2. The third kappa shape index (κ3) is 5.19. The van der Waals surface area contributed by atoms with Gasteiger partial charge in [0.15, 0.2) is 11.5 Å². The SMILES string of the molecule is COc1ccc(OC)c(-c2cc(C(=O)N3CCCC[C@H]3C(=O)NCCc3ccccn3)no2)c1. The first kappa shape index (κ1) is 23.3. The van der Waals surface area contributed by atoms with Gasteiger partial charge in [0.25, 0.3) is 5.91 Å². The molecule has 9 heteroatoms. The van der Waals surface area contributed by atoms with Crippen LogP contribution in [0.25, 0.3) is 11.3 Å². The number of carbonyl (C=O) groups excluding carboxylic acids is 2. The fourth-order valence-electron chi connectivity index (χ4n) is 4.08. The Labute approximate surface area is 198 Å². The van der Waals surface area contributed by atoms with Gasteiger partial charge in [-0.3, -0.25) is 14.6 Å². The maximum Gasteiger partial charge on any atom is 0.276 e.